The Bertz CT molecular complexity index is 950. The zero-order valence-electron chi connectivity index (χ0n) is 18.5. The molecular weight excluding hydrogens is 366 g/mol. The molecule has 0 fully saturated rings. The number of benzene rings is 2. The van der Waals surface area contributed by atoms with E-state index in [4.69, 9.17) is 4.74 Å². The minimum atomic E-state index is 0.144. The zero-order valence-corrected chi connectivity index (χ0v) is 18.5. The third-order valence-electron chi connectivity index (χ3n) is 6.75. The molecule has 1 heterocycles. The predicted octanol–water partition coefficient (Wildman–Crippen LogP) is 7.91. The summed E-state index contributed by atoms with van der Waals surface area (Å²) in [6.07, 6.45) is 14.2. The van der Waals surface area contributed by atoms with Crippen LogP contribution in [0.3, 0.4) is 0 Å². The van der Waals surface area contributed by atoms with Crippen LogP contribution < -0.4 is 4.74 Å². The Morgan fingerprint density at radius 1 is 1.00 bits per heavy atom. The summed E-state index contributed by atoms with van der Waals surface area (Å²) in [6, 6.07) is 17.4. The fraction of sp³-hybridized carbons (Fsp3) is 0.464. The van der Waals surface area contributed by atoms with E-state index in [0.29, 0.717) is 5.92 Å². The van der Waals surface area contributed by atoms with Gasteiger partial charge in [0.2, 0.25) is 0 Å². The van der Waals surface area contributed by atoms with Gasteiger partial charge in [-0.25, -0.2) is 0 Å². The van der Waals surface area contributed by atoms with Gasteiger partial charge in [0.1, 0.15) is 11.9 Å². The van der Waals surface area contributed by atoms with Crippen LogP contribution in [0, 0.1) is 11.8 Å². The van der Waals surface area contributed by atoms with E-state index < -0.39 is 0 Å². The SMILES string of the molecule is CCCCC(CCC)C[C@H]1CCc2ccccc2[C@@H]1Oc1ccc2ccncc2c1. The average Bonchev–Trinajstić information content (AvgIpc) is 2.79. The molecule has 3 aromatic rings. The van der Waals surface area contributed by atoms with Gasteiger partial charge in [0.15, 0.2) is 0 Å². The lowest BCUT2D eigenvalue weighted by atomic mass is 9.75. The highest BCUT2D eigenvalue weighted by atomic mass is 16.5. The molecule has 1 aromatic heterocycles. The molecule has 1 aliphatic rings. The number of hydrogen-bond donors (Lipinski definition) is 0. The summed E-state index contributed by atoms with van der Waals surface area (Å²) >= 11 is 0. The molecule has 30 heavy (non-hydrogen) atoms. The molecule has 0 spiro atoms. The number of fused-ring (bicyclic) bond motifs is 2. The minimum Gasteiger partial charge on any atom is -0.485 e. The molecular formula is C28H35NO. The molecule has 0 aliphatic heterocycles. The fourth-order valence-electron chi connectivity index (χ4n) is 5.18. The van der Waals surface area contributed by atoms with Gasteiger partial charge in [-0.15, -0.1) is 0 Å². The summed E-state index contributed by atoms with van der Waals surface area (Å²) in [6.45, 7) is 4.63. The van der Waals surface area contributed by atoms with Crippen LogP contribution in [-0.2, 0) is 6.42 Å². The number of hydrogen-bond acceptors (Lipinski definition) is 2. The second kappa shape index (κ2) is 10.1. The van der Waals surface area contributed by atoms with Crippen molar-refractivity contribution < 1.29 is 4.74 Å². The van der Waals surface area contributed by atoms with Crippen molar-refractivity contribution in [2.45, 2.75) is 71.3 Å². The van der Waals surface area contributed by atoms with Crippen molar-refractivity contribution in [3.05, 3.63) is 72.1 Å². The lowest BCUT2D eigenvalue weighted by molar-refractivity contribution is 0.0977. The molecule has 1 unspecified atom stereocenters. The number of pyridine rings is 1. The molecule has 3 atom stereocenters. The molecule has 0 N–H and O–H groups in total. The van der Waals surface area contributed by atoms with Crippen LogP contribution in [0.25, 0.3) is 10.8 Å². The van der Waals surface area contributed by atoms with Gasteiger partial charge in [-0.1, -0.05) is 76.3 Å². The van der Waals surface area contributed by atoms with E-state index in [1.54, 1.807) is 0 Å². The first kappa shape index (κ1) is 20.9. The number of aromatic nitrogens is 1. The van der Waals surface area contributed by atoms with Gasteiger partial charge in [0, 0.05) is 23.7 Å². The normalized spacial score (nSPS) is 19.4. The van der Waals surface area contributed by atoms with Crippen molar-refractivity contribution in [2.75, 3.05) is 0 Å². The Hall–Kier alpha value is -2.35. The Morgan fingerprint density at radius 3 is 2.77 bits per heavy atom. The van der Waals surface area contributed by atoms with Crippen molar-refractivity contribution in [3.8, 4) is 5.75 Å². The summed E-state index contributed by atoms with van der Waals surface area (Å²) in [5, 5.41) is 2.35. The molecule has 2 heteroatoms. The van der Waals surface area contributed by atoms with Crippen molar-refractivity contribution in [3.63, 3.8) is 0 Å². The summed E-state index contributed by atoms with van der Waals surface area (Å²) in [7, 11) is 0. The minimum absolute atomic E-state index is 0.144. The maximum Gasteiger partial charge on any atom is 0.127 e. The van der Waals surface area contributed by atoms with Gasteiger partial charge in [0.25, 0.3) is 0 Å². The number of nitrogens with zero attached hydrogens (tertiary/aromatic N) is 1. The first-order valence-electron chi connectivity index (χ1n) is 11.9. The monoisotopic (exact) mass is 401 g/mol. The van der Waals surface area contributed by atoms with E-state index in [9.17, 15) is 0 Å². The van der Waals surface area contributed by atoms with E-state index in [0.717, 1.165) is 17.1 Å². The Morgan fingerprint density at radius 2 is 1.90 bits per heavy atom. The van der Waals surface area contributed by atoms with Crippen LogP contribution in [0.4, 0.5) is 0 Å². The van der Waals surface area contributed by atoms with Crippen LogP contribution in [0.2, 0.25) is 0 Å². The highest BCUT2D eigenvalue weighted by Crippen LogP contribution is 2.42. The Balaban J connectivity index is 1.60. The van der Waals surface area contributed by atoms with Gasteiger partial charge in [-0.2, -0.15) is 0 Å². The van der Waals surface area contributed by atoms with Crippen molar-refractivity contribution in [2.24, 2.45) is 11.8 Å². The Labute approximate surface area is 181 Å². The molecule has 158 valence electrons. The highest BCUT2D eigenvalue weighted by Gasteiger charge is 2.32. The second-order valence-electron chi connectivity index (χ2n) is 8.95. The van der Waals surface area contributed by atoms with Crippen LogP contribution in [-0.4, -0.2) is 4.98 Å². The van der Waals surface area contributed by atoms with Gasteiger partial charge in [-0.05, 0) is 59.9 Å². The quantitative estimate of drug-likeness (QED) is 0.363. The molecule has 0 saturated carbocycles. The summed E-state index contributed by atoms with van der Waals surface area (Å²) < 4.78 is 6.76. The lowest BCUT2D eigenvalue weighted by Gasteiger charge is -2.36. The number of ether oxygens (including phenoxy) is 1. The number of rotatable bonds is 9. The Kier molecular flexibility index (Phi) is 7.04. The maximum atomic E-state index is 6.76. The maximum absolute atomic E-state index is 6.76. The van der Waals surface area contributed by atoms with Gasteiger partial charge < -0.3 is 4.74 Å². The van der Waals surface area contributed by atoms with Gasteiger partial charge in [-0.3, -0.25) is 4.98 Å². The molecule has 2 nitrogen and oxygen atoms in total. The van der Waals surface area contributed by atoms with E-state index in [1.807, 2.05) is 12.4 Å². The fourth-order valence-corrected chi connectivity index (χ4v) is 5.18. The highest BCUT2D eigenvalue weighted by molar-refractivity contribution is 5.82. The zero-order chi connectivity index (χ0) is 20.8. The first-order chi connectivity index (χ1) is 14.8. The molecule has 0 amide bonds. The summed E-state index contributed by atoms with van der Waals surface area (Å²) in [5.74, 6) is 2.36. The summed E-state index contributed by atoms with van der Waals surface area (Å²) in [4.78, 5) is 4.28. The average molecular weight is 402 g/mol. The molecule has 4 rings (SSSR count). The van der Waals surface area contributed by atoms with Crippen molar-refractivity contribution in [1.29, 1.82) is 0 Å². The van der Waals surface area contributed by atoms with Crippen molar-refractivity contribution >= 4 is 10.8 Å². The third kappa shape index (κ3) is 4.86. The number of aryl methyl sites for hydroxylation is 1. The predicted molar refractivity (Wildman–Crippen MR) is 126 cm³/mol. The molecule has 0 saturated heterocycles. The standard InChI is InChI=1S/C28H35NO/c1-3-5-9-21(8-4-2)18-24-13-12-23-10-6-7-11-27(23)28(24)30-26-15-14-22-16-17-29-20-25(22)19-26/h6-7,10-11,14-17,19-21,24,28H,3-5,8-9,12-13,18H2,1-2H3/t21?,24-,28-/m1/s1. The third-order valence-corrected chi connectivity index (χ3v) is 6.75. The molecule has 0 radical (unpaired) electrons. The van der Waals surface area contributed by atoms with E-state index in [2.05, 4.69) is 67.4 Å². The van der Waals surface area contributed by atoms with E-state index in [-0.39, 0.29) is 6.10 Å². The van der Waals surface area contributed by atoms with E-state index >= 15 is 0 Å². The van der Waals surface area contributed by atoms with Gasteiger partial charge in [0.05, 0.1) is 0 Å². The largest absolute Gasteiger partial charge is 0.485 e. The second-order valence-corrected chi connectivity index (χ2v) is 8.95. The number of unbranched alkanes of at least 4 members (excludes halogenated alkanes) is 1. The molecule has 2 aromatic carbocycles. The molecule has 0 bridgehead atoms. The first-order valence-corrected chi connectivity index (χ1v) is 11.9. The summed E-state index contributed by atoms with van der Waals surface area (Å²) in [5.41, 5.74) is 2.85. The smallest absolute Gasteiger partial charge is 0.127 e. The lowest BCUT2D eigenvalue weighted by Crippen LogP contribution is -2.27. The van der Waals surface area contributed by atoms with Crippen LogP contribution in [0.1, 0.15) is 76.0 Å². The van der Waals surface area contributed by atoms with Crippen LogP contribution in [0.15, 0.2) is 60.9 Å². The van der Waals surface area contributed by atoms with Crippen LogP contribution >= 0.6 is 0 Å². The van der Waals surface area contributed by atoms with Crippen LogP contribution in [0.5, 0.6) is 5.75 Å². The van der Waals surface area contributed by atoms with Crippen molar-refractivity contribution in [1.82, 2.24) is 4.98 Å². The van der Waals surface area contributed by atoms with Gasteiger partial charge >= 0.3 is 0 Å². The van der Waals surface area contributed by atoms with E-state index in [1.165, 1.54) is 67.9 Å². The molecule has 1 aliphatic carbocycles. The topological polar surface area (TPSA) is 22.1 Å².